The number of carbonyl (C=O) groups is 2. The van der Waals surface area contributed by atoms with Gasteiger partial charge in [-0.05, 0) is 36.8 Å². The van der Waals surface area contributed by atoms with Crippen molar-refractivity contribution in [1.82, 2.24) is 10.6 Å². The number of hydrogen-bond donors (Lipinski definition) is 3. The molecule has 7 heteroatoms. The largest absolute Gasteiger partial charge is 0.496 e. The summed E-state index contributed by atoms with van der Waals surface area (Å²) in [4.78, 5) is 24.1. The molecule has 0 radical (unpaired) electrons. The predicted octanol–water partition coefficient (Wildman–Crippen LogP) is 2.82. The van der Waals surface area contributed by atoms with Crippen LogP contribution in [0.2, 0.25) is 0 Å². The van der Waals surface area contributed by atoms with Gasteiger partial charge in [0.2, 0.25) is 5.91 Å². The molecule has 2 aromatic carbocycles. The van der Waals surface area contributed by atoms with Crippen LogP contribution in [0.4, 0.5) is 0 Å². The van der Waals surface area contributed by atoms with Crippen LogP contribution >= 0.6 is 15.9 Å². The first kappa shape index (κ1) is 20.9. The number of hydrogen-bond acceptors (Lipinski definition) is 4. The van der Waals surface area contributed by atoms with E-state index in [-0.39, 0.29) is 24.8 Å². The van der Waals surface area contributed by atoms with E-state index in [9.17, 15) is 14.7 Å². The van der Waals surface area contributed by atoms with Crippen LogP contribution in [-0.4, -0.2) is 37.2 Å². The lowest BCUT2D eigenvalue weighted by molar-refractivity contribution is -0.122. The Morgan fingerprint density at radius 1 is 1.19 bits per heavy atom. The average Bonchev–Trinajstić information content (AvgIpc) is 2.69. The van der Waals surface area contributed by atoms with Crippen molar-refractivity contribution in [2.75, 3.05) is 20.3 Å². The maximum Gasteiger partial charge on any atom is 0.251 e. The molecule has 0 aliphatic heterocycles. The van der Waals surface area contributed by atoms with Gasteiger partial charge in [0.15, 0.2) is 0 Å². The van der Waals surface area contributed by atoms with Crippen molar-refractivity contribution in [3.63, 3.8) is 0 Å². The molecule has 1 atom stereocenters. The third-order valence-electron chi connectivity index (χ3n) is 3.99. The van der Waals surface area contributed by atoms with E-state index in [1.165, 1.54) is 0 Å². The Kier molecular flexibility index (Phi) is 8.29. The van der Waals surface area contributed by atoms with Crippen molar-refractivity contribution in [3.05, 3.63) is 64.1 Å². The Balaban J connectivity index is 1.82. The smallest absolute Gasteiger partial charge is 0.251 e. The SMILES string of the molecule is COc1ccc(Br)cc1C(CO)NC(=O)CCCNC(=O)c1ccccc1. The van der Waals surface area contributed by atoms with E-state index in [4.69, 9.17) is 4.74 Å². The van der Waals surface area contributed by atoms with Gasteiger partial charge in [0, 0.05) is 28.6 Å². The number of halogens is 1. The highest BCUT2D eigenvalue weighted by Gasteiger charge is 2.18. The topological polar surface area (TPSA) is 87.7 Å². The van der Waals surface area contributed by atoms with Crippen LogP contribution < -0.4 is 15.4 Å². The van der Waals surface area contributed by atoms with E-state index in [2.05, 4.69) is 26.6 Å². The van der Waals surface area contributed by atoms with Gasteiger partial charge < -0.3 is 20.5 Å². The summed E-state index contributed by atoms with van der Waals surface area (Å²) in [6.07, 6.45) is 0.736. The minimum absolute atomic E-state index is 0.164. The summed E-state index contributed by atoms with van der Waals surface area (Å²) in [5.41, 5.74) is 1.28. The summed E-state index contributed by atoms with van der Waals surface area (Å²) in [7, 11) is 1.54. The molecule has 3 N–H and O–H groups in total. The molecule has 0 aromatic heterocycles. The summed E-state index contributed by atoms with van der Waals surface area (Å²) in [5.74, 6) is 0.223. The van der Waals surface area contributed by atoms with E-state index in [1.54, 1.807) is 43.5 Å². The van der Waals surface area contributed by atoms with Crippen LogP contribution in [0.15, 0.2) is 53.0 Å². The number of benzene rings is 2. The molecule has 0 aliphatic carbocycles. The number of carbonyl (C=O) groups excluding carboxylic acids is 2. The molecule has 6 nitrogen and oxygen atoms in total. The summed E-state index contributed by atoms with van der Waals surface area (Å²) < 4.78 is 6.13. The number of methoxy groups -OCH3 is 1. The van der Waals surface area contributed by atoms with Gasteiger partial charge >= 0.3 is 0 Å². The first-order valence-corrected chi connectivity index (χ1v) is 9.41. The maximum absolute atomic E-state index is 12.2. The van der Waals surface area contributed by atoms with E-state index in [1.807, 2.05) is 12.1 Å². The molecule has 0 saturated carbocycles. The van der Waals surface area contributed by atoms with Gasteiger partial charge in [0.1, 0.15) is 5.75 Å². The monoisotopic (exact) mass is 434 g/mol. The fourth-order valence-electron chi connectivity index (χ4n) is 2.61. The van der Waals surface area contributed by atoms with Gasteiger partial charge in [-0.1, -0.05) is 34.1 Å². The standard InChI is InChI=1S/C20H23BrN2O4/c1-27-18-10-9-15(21)12-16(18)17(13-24)23-19(25)8-5-11-22-20(26)14-6-3-2-4-7-14/h2-4,6-7,9-10,12,17,24H,5,8,11,13H2,1H3,(H,22,26)(H,23,25). The lowest BCUT2D eigenvalue weighted by Crippen LogP contribution is -2.32. The molecule has 2 amide bonds. The Hall–Kier alpha value is -2.38. The second kappa shape index (κ2) is 10.7. The molecule has 0 spiro atoms. The number of amides is 2. The third kappa shape index (κ3) is 6.37. The van der Waals surface area contributed by atoms with Crippen LogP contribution in [-0.2, 0) is 4.79 Å². The van der Waals surface area contributed by atoms with E-state index in [0.29, 0.717) is 29.8 Å². The van der Waals surface area contributed by atoms with Crippen molar-refractivity contribution in [1.29, 1.82) is 0 Å². The summed E-state index contributed by atoms with van der Waals surface area (Å²) in [5, 5.41) is 15.3. The highest BCUT2D eigenvalue weighted by atomic mass is 79.9. The van der Waals surface area contributed by atoms with Crippen molar-refractivity contribution in [2.45, 2.75) is 18.9 Å². The molecule has 144 valence electrons. The van der Waals surface area contributed by atoms with Crippen LogP contribution in [0.25, 0.3) is 0 Å². The Morgan fingerprint density at radius 3 is 2.59 bits per heavy atom. The first-order chi connectivity index (χ1) is 13.0. The quantitative estimate of drug-likeness (QED) is 0.529. The number of ether oxygens (including phenoxy) is 1. The van der Waals surface area contributed by atoms with Crippen molar-refractivity contribution >= 4 is 27.7 Å². The Bertz CT molecular complexity index is 768. The number of aliphatic hydroxyl groups excluding tert-OH is 1. The molecular formula is C20H23BrN2O4. The van der Waals surface area contributed by atoms with Gasteiger partial charge in [-0.15, -0.1) is 0 Å². The first-order valence-electron chi connectivity index (χ1n) is 8.62. The lowest BCUT2D eigenvalue weighted by atomic mass is 10.1. The second-order valence-electron chi connectivity index (χ2n) is 5.91. The molecule has 0 bridgehead atoms. The van der Waals surface area contributed by atoms with Crippen molar-refractivity contribution in [2.24, 2.45) is 0 Å². The van der Waals surface area contributed by atoms with Gasteiger partial charge in [-0.2, -0.15) is 0 Å². The normalized spacial score (nSPS) is 11.5. The van der Waals surface area contributed by atoms with Crippen molar-refractivity contribution in [3.8, 4) is 5.75 Å². The zero-order chi connectivity index (χ0) is 19.6. The Morgan fingerprint density at radius 2 is 1.93 bits per heavy atom. The second-order valence-corrected chi connectivity index (χ2v) is 6.83. The van der Waals surface area contributed by atoms with Gasteiger partial charge in [-0.3, -0.25) is 9.59 Å². The van der Waals surface area contributed by atoms with Gasteiger partial charge in [0.05, 0.1) is 19.8 Å². The van der Waals surface area contributed by atoms with Crippen LogP contribution in [0.3, 0.4) is 0 Å². The fraction of sp³-hybridized carbons (Fsp3) is 0.300. The molecule has 0 saturated heterocycles. The zero-order valence-electron chi connectivity index (χ0n) is 15.1. The number of aliphatic hydroxyl groups is 1. The van der Waals surface area contributed by atoms with Crippen molar-refractivity contribution < 1.29 is 19.4 Å². The van der Waals surface area contributed by atoms with E-state index >= 15 is 0 Å². The van der Waals surface area contributed by atoms with Crippen LogP contribution in [0.5, 0.6) is 5.75 Å². The minimum Gasteiger partial charge on any atom is -0.496 e. The summed E-state index contributed by atoms with van der Waals surface area (Å²) in [6.45, 7) is 0.147. The summed E-state index contributed by atoms with van der Waals surface area (Å²) >= 11 is 3.38. The molecule has 2 rings (SSSR count). The molecule has 27 heavy (non-hydrogen) atoms. The van der Waals surface area contributed by atoms with E-state index < -0.39 is 6.04 Å². The zero-order valence-corrected chi connectivity index (χ0v) is 16.7. The van der Waals surface area contributed by atoms with E-state index in [0.717, 1.165) is 4.47 Å². The van der Waals surface area contributed by atoms with Crippen LogP contribution in [0, 0.1) is 0 Å². The predicted molar refractivity (Wildman–Crippen MR) is 107 cm³/mol. The maximum atomic E-state index is 12.2. The molecule has 2 aromatic rings. The molecule has 0 heterocycles. The molecular weight excluding hydrogens is 412 g/mol. The Labute approximate surface area is 167 Å². The number of rotatable bonds is 9. The third-order valence-corrected chi connectivity index (χ3v) is 4.48. The average molecular weight is 435 g/mol. The highest BCUT2D eigenvalue weighted by Crippen LogP contribution is 2.28. The highest BCUT2D eigenvalue weighted by molar-refractivity contribution is 9.10. The van der Waals surface area contributed by atoms with Gasteiger partial charge in [0.25, 0.3) is 5.91 Å². The van der Waals surface area contributed by atoms with Gasteiger partial charge in [-0.25, -0.2) is 0 Å². The molecule has 1 unspecified atom stereocenters. The fourth-order valence-corrected chi connectivity index (χ4v) is 2.99. The van der Waals surface area contributed by atoms with Crippen LogP contribution in [0.1, 0.15) is 34.8 Å². The molecule has 0 fully saturated rings. The lowest BCUT2D eigenvalue weighted by Gasteiger charge is -2.19. The minimum atomic E-state index is -0.566. The molecule has 0 aliphatic rings. The number of nitrogens with one attached hydrogen (secondary N) is 2. The summed E-state index contributed by atoms with van der Waals surface area (Å²) in [6, 6.07) is 13.8.